The summed E-state index contributed by atoms with van der Waals surface area (Å²) in [5.74, 6) is 1.17. The van der Waals surface area contributed by atoms with Crippen LogP contribution < -0.4 is 4.90 Å². The predicted molar refractivity (Wildman–Crippen MR) is 87.7 cm³/mol. The summed E-state index contributed by atoms with van der Waals surface area (Å²) < 4.78 is 2.21. The maximum Gasteiger partial charge on any atom is 0.195 e. The molecule has 2 rings (SSSR count). The van der Waals surface area contributed by atoms with Crippen molar-refractivity contribution in [1.29, 1.82) is 0 Å². The number of thiazole rings is 1. The average Bonchev–Trinajstić information content (AvgIpc) is 2.99. The van der Waals surface area contributed by atoms with Crippen molar-refractivity contribution in [2.45, 2.75) is 44.9 Å². The normalized spacial score (nSPS) is 11.3. The predicted octanol–water partition coefficient (Wildman–Crippen LogP) is 4.70. The van der Waals surface area contributed by atoms with Crippen LogP contribution in [0.2, 0.25) is 0 Å². The summed E-state index contributed by atoms with van der Waals surface area (Å²) in [6.45, 7) is 6.72. The smallest absolute Gasteiger partial charge is 0.195 e. The van der Waals surface area contributed by atoms with Crippen molar-refractivity contribution >= 4 is 38.0 Å². The molecular formula is C14H22BrN3S. The highest BCUT2D eigenvalue weighted by molar-refractivity contribution is 9.08. The van der Waals surface area contributed by atoms with Crippen LogP contribution in [0, 0.1) is 0 Å². The van der Waals surface area contributed by atoms with Crippen LogP contribution in [-0.4, -0.2) is 22.5 Å². The molecule has 0 atom stereocenters. The third-order valence-electron chi connectivity index (χ3n) is 3.33. The topological polar surface area (TPSA) is 20.5 Å². The molecule has 0 fully saturated rings. The quantitative estimate of drug-likeness (QED) is 0.647. The lowest BCUT2D eigenvalue weighted by Gasteiger charge is -2.23. The zero-order chi connectivity index (χ0) is 13.7. The molecule has 106 valence electrons. The van der Waals surface area contributed by atoms with E-state index in [1.165, 1.54) is 37.2 Å². The van der Waals surface area contributed by atoms with Gasteiger partial charge >= 0.3 is 0 Å². The van der Waals surface area contributed by atoms with Gasteiger partial charge in [-0.1, -0.05) is 42.6 Å². The molecule has 0 aliphatic heterocycles. The van der Waals surface area contributed by atoms with Gasteiger partial charge in [0.05, 0.1) is 5.69 Å². The van der Waals surface area contributed by atoms with Crippen LogP contribution in [0.1, 0.15) is 45.2 Å². The maximum atomic E-state index is 4.83. The minimum absolute atomic E-state index is 0.856. The van der Waals surface area contributed by atoms with Gasteiger partial charge in [0, 0.05) is 30.0 Å². The first-order valence-electron chi connectivity index (χ1n) is 7.07. The summed E-state index contributed by atoms with van der Waals surface area (Å²) in [4.78, 5) is 8.39. The number of unbranched alkanes of at least 4 members (excludes halogenated alkanes) is 2. The molecule has 5 heteroatoms. The molecule has 0 N–H and O–H groups in total. The Balaban J connectivity index is 2.27. The Morgan fingerprint density at radius 1 is 1.26 bits per heavy atom. The van der Waals surface area contributed by atoms with Crippen LogP contribution in [0.4, 0.5) is 5.82 Å². The Hall–Kier alpha value is -0.550. The lowest BCUT2D eigenvalue weighted by molar-refractivity contribution is 0.671. The molecule has 0 aliphatic carbocycles. The molecule has 2 aromatic heterocycles. The molecule has 0 saturated carbocycles. The van der Waals surface area contributed by atoms with Crippen LogP contribution in [0.15, 0.2) is 11.6 Å². The molecule has 0 spiro atoms. The maximum absolute atomic E-state index is 4.83. The summed E-state index contributed by atoms with van der Waals surface area (Å²) in [6, 6.07) is 0. The molecule has 0 aliphatic rings. The van der Waals surface area contributed by atoms with Crippen LogP contribution in [0.3, 0.4) is 0 Å². The van der Waals surface area contributed by atoms with Gasteiger partial charge in [-0.05, 0) is 12.8 Å². The van der Waals surface area contributed by atoms with Crippen LogP contribution in [0.25, 0.3) is 4.96 Å². The monoisotopic (exact) mass is 343 g/mol. The Morgan fingerprint density at radius 2 is 1.95 bits per heavy atom. The third-order valence-corrected chi connectivity index (χ3v) is 4.62. The Bertz CT molecular complexity index is 498. The first kappa shape index (κ1) is 14.9. The SMILES string of the molecule is CCCCN(CCCC)c1nc2sccn2c1CBr. The van der Waals surface area contributed by atoms with Gasteiger partial charge in [-0.2, -0.15) is 0 Å². The number of fused-ring (bicyclic) bond motifs is 1. The van der Waals surface area contributed by atoms with Crippen LogP contribution in [0.5, 0.6) is 0 Å². The largest absolute Gasteiger partial charge is 0.355 e. The van der Waals surface area contributed by atoms with Crippen molar-refractivity contribution in [1.82, 2.24) is 9.38 Å². The highest BCUT2D eigenvalue weighted by Gasteiger charge is 2.17. The van der Waals surface area contributed by atoms with Crippen molar-refractivity contribution in [2.75, 3.05) is 18.0 Å². The van der Waals surface area contributed by atoms with Gasteiger partial charge in [0.2, 0.25) is 0 Å². The minimum Gasteiger partial charge on any atom is -0.355 e. The van der Waals surface area contributed by atoms with E-state index in [1.54, 1.807) is 11.3 Å². The van der Waals surface area contributed by atoms with Crippen molar-refractivity contribution in [3.05, 3.63) is 17.3 Å². The van der Waals surface area contributed by atoms with Gasteiger partial charge in [-0.15, -0.1) is 11.3 Å². The van der Waals surface area contributed by atoms with E-state index in [0.717, 1.165) is 23.4 Å². The van der Waals surface area contributed by atoms with Gasteiger partial charge in [0.15, 0.2) is 10.8 Å². The number of imidazole rings is 1. The standard InChI is InChI=1S/C14H22BrN3S/c1-3-5-7-17(8-6-4-2)13-12(11-15)18-9-10-19-14(18)16-13/h9-10H,3-8,11H2,1-2H3. The number of alkyl halides is 1. The lowest BCUT2D eigenvalue weighted by Crippen LogP contribution is -2.27. The van der Waals surface area contributed by atoms with Gasteiger partial charge in [-0.25, -0.2) is 4.98 Å². The number of nitrogens with zero attached hydrogens (tertiary/aromatic N) is 3. The molecule has 0 aromatic carbocycles. The summed E-state index contributed by atoms with van der Waals surface area (Å²) in [6.07, 6.45) is 7.04. The van der Waals surface area contributed by atoms with E-state index >= 15 is 0 Å². The third kappa shape index (κ3) is 3.31. The molecule has 3 nitrogen and oxygen atoms in total. The van der Waals surface area contributed by atoms with E-state index in [2.05, 4.69) is 50.7 Å². The lowest BCUT2D eigenvalue weighted by atomic mass is 10.2. The van der Waals surface area contributed by atoms with Gasteiger partial charge in [0.1, 0.15) is 0 Å². The molecule has 0 saturated heterocycles. The van der Waals surface area contributed by atoms with Crippen molar-refractivity contribution in [3.63, 3.8) is 0 Å². The van der Waals surface area contributed by atoms with Crippen LogP contribution in [-0.2, 0) is 5.33 Å². The fraction of sp³-hybridized carbons (Fsp3) is 0.643. The first-order valence-corrected chi connectivity index (χ1v) is 9.07. The molecule has 0 amide bonds. The second kappa shape index (κ2) is 7.29. The summed E-state index contributed by atoms with van der Waals surface area (Å²) in [7, 11) is 0. The van der Waals surface area contributed by atoms with E-state index in [1.807, 2.05) is 0 Å². The number of halogens is 1. The van der Waals surface area contributed by atoms with E-state index in [9.17, 15) is 0 Å². The molecule has 2 heterocycles. The van der Waals surface area contributed by atoms with E-state index in [-0.39, 0.29) is 0 Å². The van der Waals surface area contributed by atoms with E-state index in [0.29, 0.717) is 0 Å². The fourth-order valence-corrected chi connectivity index (χ4v) is 3.47. The van der Waals surface area contributed by atoms with Crippen molar-refractivity contribution in [3.8, 4) is 0 Å². The first-order chi connectivity index (χ1) is 9.31. The zero-order valence-corrected chi connectivity index (χ0v) is 14.1. The highest BCUT2D eigenvalue weighted by Crippen LogP contribution is 2.27. The Morgan fingerprint density at radius 3 is 2.53 bits per heavy atom. The number of hydrogen-bond donors (Lipinski definition) is 0. The van der Waals surface area contributed by atoms with Crippen molar-refractivity contribution < 1.29 is 0 Å². The van der Waals surface area contributed by atoms with Gasteiger partial charge < -0.3 is 4.90 Å². The molecule has 0 bridgehead atoms. The summed E-state index contributed by atoms with van der Waals surface area (Å²) in [5, 5.41) is 2.95. The van der Waals surface area contributed by atoms with E-state index in [4.69, 9.17) is 4.98 Å². The summed E-state index contributed by atoms with van der Waals surface area (Å²) >= 11 is 5.32. The fourth-order valence-electron chi connectivity index (χ4n) is 2.22. The minimum atomic E-state index is 0.856. The number of hydrogen-bond acceptors (Lipinski definition) is 3. The molecule has 0 radical (unpaired) electrons. The Labute approximate surface area is 127 Å². The van der Waals surface area contributed by atoms with Gasteiger partial charge in [0.25, 0.3) is 0 Å². The summed E-state index contributed by atoms with van der Waals surface area (Å²) in [5.41, 5.74) is 1.28. The second-order valence-electron chi connectivity index (χ2n) is 4.77. The molecular weight excluding hydrogens is 322 g/mol. The van der Waals surface area contributed by atoms with Gasteiger partial charge in [-0.3, -0.25) is 4.40 Å². The molecule has 2 aromatic rings. The Kier molecular flexibility index (Phi) is 5.70. The molecule has 19 heavy (non-hydrogen) atoms. The molecule has 0 unspecified atom stereocenters. The van der Waals surface area contributed by atoms with Crippen molar-refractivity contribution in [2.24, 2.45) is 0 Å². The number of rotatable bonds is 8. The zero-order valence-electron chi connectivity index (χ0n) is 11.7. The van der Waals surface area contributed by atoms with Crippen LogP contribution >= 0.6 is 27.3 Å². The number of aromatic nitrogens is 2. The second-order valence-corrected chi connectivity index (χ2v) is 6.20. The van der Waals surface area contributed by atoms with E-state index < -0.39 is 0 Å². The average molecular weight is 344 g/mol. The number of anilines is 1. The highest BCUT2D eigenvalue weighted by atomic mass is 79.9.